The van der Waals surface area contributed by atoms with Gasteiger partial charge < -0.3 is 11.1 Å². The molecule has 1 aliphatic rings. The van der Waals surface area contributed by atoms with Gasteiger partial charge in [0.1, 0.15) is 0 Å². The molecule has 1 fully saturated rings. The first-order valence-corrected chi connectivity index (χ1v) is 7.49. The minimum atomic E-state index is -0.531. The van der Waals surface area contributed by atoms with E-state index in [1.807, 2.05) is 13.8 Å². The molecular formula is C14H26N2OS. The number of thiocarbonyl (C=S) groups is 1. The van der Waals surface area contributed by atoms with Crippen LogP contribution >= 0.6 is 12.2 Å². The maximum atomic E-state index is 12.1. The zero-order valence-corrected chi connectivity index (χ0v) is 12.4. The normalized spacial score (nSPS) is 20.8. The van der Waals surface area contributed by atoms with Crippen molar-refractivity contribution < 1.29 is 4.79 Å². The Balaban J connectivity index is 2.47. The summed E-state index contributed by atoms with van der Waals surface area (Å²) in [5, 5.41) is 3.01. The zero-order chi connectivity index (χ0) is 13.6. The van der Waals surface area contributed by atoms with E-state index in [4.69, 9.17) is 18.0 Å². The standard InChI is InChI=1S/C14H26N2OS/c1-3-14(2,13(15)18)16-12(17)10-11-8-6-4-5-7-9-11/h11H,3-10H2,1-2H3,(H2,15,18)(H,16,17). The first-order valence-electron chi connectivity index (χ1n) is 7.09. The van der Waals surface area contributed by atoms with Gasteiger partial charge in [0.25, 0.3) is 0 Å². The van der Waals surface area contributed by atoms with Gasteiger partial charge in [-0.05, 0) is 32.1 Å². The summed E-state index contributed by atoms with van der Waals surface area (Å²) in [6.07, 6.45) is 8.88. The molecule has 0 aromatic rings. The number of nitrogens with two attached hydrogens (primary N) is 1. The number of hydrogen-bond donors (Lipinski definition) is 2. The Bertz CT molecular complexity index is 298. The Hall–Kier alpha value is -0.640. The van der Waals surface area contributed by atoms with Gasteiger partial charge in [0.05, 0.1) is 10.5 Å². The fourth-order valence-corrected chi connectivity index (χ4v) is 2.71. The summed E-state index contributed by atoms with van der Waals surface area (Å²) in [4.78, 5) is 12.5. The van der Waals surface area contributed by atoms with Gasteiger partial charge in [0, 0.05) is 6.42 Å². The van der Waals surface area contributed by atoms with Crippen molar-refractivity contribution in [3.8, 4) is 0 Å². The Morgan fingerprint density at radius 2 is 1.89 bits per heavy atom. The molecule has 4 heteroatoms. The van der Waals surface area contributed by atoms with E-state index in [1.54, 1.807) is 0 Å². The van der Waals surface area contributed by atoms with E-state index in [1.165, 1.54) is 38.5 Å². The SMILES string of the molecule is CCC(C)(NC(=O)CC1CCCCCC1)C(N)=S. The lowest BCUT2D eigenvalue weighted by molar-refractivity contribution is -0.123. The summed E-state index contributed by atoms with van der Waals surface area (Å²) in [6.45, 7) is 3.89. The summed E-state index contributed by atoms with van der Waals surface area (Å²) in [7, 11) is 0. The number of hydrogen-bond acceptors (Lipinski definition) is 2. The van der Waals surface area contributed by atoms with E-state index in [2.05, 4.69) is 5.32 Å². The molecule has 0 bridgehead atoms. The second-order valence-corrected chi connectivity index (χ2v) is 6.10. The van der Waals surface area contributed by atoms with Crippen LogP contribution in [0.1, 0.15) is 65.2 Å². The summed E-state index contributed by atoms with van der Waals surface area (Å²) in [5.74, 6) is 0.638. The molecule has 0 spiro atoms. The van der Waals surface area contributed by atoms with E-state index >= 15 is 0 Å². The lowest BCUT2D eigenvalue weighted by Gasteiger charge is -2.29. The van der Waals surface area contributed by atoms with Crippen LogP contribution in [0, 0.1) is 5.92 Å². The van der Waals surface area contributed by atoms with E-state index in [9.17, 15) is 4.79 Å². The summed E-state index contributed by atoms with van der Waals surface area (Å²) >= 11 is 5.04. The molecule has 1 amide bonds. The molecule has 0 heterocycles. The van der Waals surface area contributed by atoms with Crippen molar-refractivity contribution in [2.45, 2.75) is 70.8 Å². The van der Waals surface area contributed by atoms with Crippen molar-refractivity contribution in [2.75, 3.05) is 0 Å². The highest BCUT2D eigenvalue weighted by Crippen LogP contribution is 2.25. The van der Waals surface area contributed by atoms with Crippen molar-refractivity contribution in [1.29, 1.82) is 0 Å². The predicted octanol–water partition coefficient (Wildman–Crippen LogP) is 2.92. The third-order valence-corrected chi connectivity index (χ3v) is 4.57. The number of amides is 1. The van der Waals surface area contributed by atoms with Crippen molar-refractivity contribution in [3.63, 3.8) is 0 Å². The Morgan fingerprint density at radius 3 is 2.33 bits per heavy atom. The molecule has 0 saturated heterocycles. The van der Waals surface area contributed by atoms with Crippen molar-refractivity contribution >= 4 is 23.1 Å². The fourth-order valence-electron chi connectivity index (χ4n) is 2.51. The van der Waals surface area contributed by atoms with Crippen LogP contribution in [-0.4, -0.2) is 16.4 Å². The highest BCUT2D eigenvalue weighted by Gasteiger charge is 2.28. The van der Waals surface area contributed by atoms with Crippen LogP contribution in [0.4, 0.5) is 0 Å². The van der Waals surface area contributed by atoms with Gasteiger partial charge in [-0.3, -0.25) is 4.79 Å². The molecule has 1 aliphatic carbocycles. The van der Waals surface area contributed by atoms with Gasteiger partial charge in [-0.25, -0.2) is 0 Å². The van der Waals surface area contributed by atoms with Crippen LogP contribution in [0.5, 0.6) is 0 Å². The third kappa shape index (κ3) is 4.56. The van der Waals surface area contributed by atoms with Gasteiger partial charge in [0.2, 0.25) is 5.91 Å². The number of rotatable bonds is 5. The number of nitrogens with one attached hydrogen (secondary N) is 1. The molecular weight excluding hydrogens is 244 g/mol. The van der Waals surface area contributed by atoms with Gasteiger partial charge in [-0.1, -0.05) is 44.8 Å². The Morgan fingerprint density at radius 1 is 1.33 bits per heavy atom. The van der Waals surface area contributed by atoms with Gasteiger partial charge in [-0.2, -0.15) is 0 Å². The van der Waals surface area contributed by atoms with Crippen LogP contribution in [0.3, 0.4) is 0 Å². The first kappa shape index (κ1) is 15.4. The maximum Gasteiger partial charge on any atom is 0.221 e. The van der Waals surface area contributed by atoms with Gasteiger partial charge >= 0.3 is 0 Å². The quantitative estimate of drug-likeness (QED) is 0.596. The van der Waals surface area contributed by atoms with E-state index < -0.39 is 5.54 Å². The third-order valence-electron chi connectivity index (χ3n) is 4.12. The van der Waals surface area contributed by atoms with Crippen molar-refractivity contribution in [2.24, 2.45) is 11.7 Å². The van der Waals surface area contributed by atoms with E-state index in [0.717, 1.165) is 6.42 Å². The molecule has 1 unspecified atom stereocenters. The molecule has 18 heavy (non-hydrogen) atoms. The minimum absolute atomic E-state index is 0.0963. The molecule has 0 aromatic carbocycles. The molecule has 3 nitrogen and oxygen atoms in total. The molecule has 104 valence electrons. The minimum Gasteiger partial charge on any atom is -0.391 e. The average molecular weight is 270 g/mol. The predicted molar refractivity (Wildman–Crippen MR) is 79.4 cm³/mol. The highest BCUT2D eigenvalue weighted by atomic mass is 32.1. The molecule has 1 rings (SSSR count). The molecule has 0 aromatic heterocycles. The van der Waals surface area contributed by atoms with Gasteiger partial charge in [0.15, 0.2) is 0 Å². The maximum absolute atomic E-state index is 12.1. The van der Waals surface area contributed by atoms with Crippen LogP contribution < -0.4 is 11.1 Å². The van der Waals surface area contributed by atoms with Crippen LogP contribution in [0.15, 0.2) is 0 Å². The first-order chi connectivity index (χ1) is 8.48. The van der Waals surface area contributed by atoms with Gasteiger partial charge in [-0.15, -0.1) is 0 Å². The number of carbonyl (C=O) groups is 1. The molecule has 0 radical (unpaired) electrons. The van der Waals surface area contributed by atoms with E-state index in [-0.39, 0.29) is 5.91 Å². The molecule has 3 N–H and O–H groups in total. The topological polar surface area (TPSA) is 55.1 Å². The second-order valence-electron chi connectivity index (χ2n) is 5.66. The fraction of sp³-hybridized carbons (Fsp3) is 0.857. The lowest BCUT2D eigenvalue weighted by atomic mass is 9.94. The highest BCUT2D eigenvalue weighted by molar-refractivity contribution is 7.80. The second kappa shape index (κ2) is 7.07. The summed E-state index contributed by atoms with van der Waals surface area (Å²) < 4.78 is 0. The molecule has 1 atom stereocenters. The lowest BCUT2D eigenvalue weighted by Crippen LogP contribution is -2.54. The smallest absolute Gasteiger partial charge is 0.221 e. The van der Waals surface area contributed by atoms with Crippen LogP contribution in [0.25, 0.3) is 0 Å². The van der Waals surface area contributed by atoms with Crippen molar-refractivity contribution in [1.82, 2.24) is 5.32 Å². The average Bonchev–Trinajstić information content (AvgIpc) is 2.57. The number of carbonyl (C=O) groups excluding carboxylic acids is 1. The van der Waals surface area contributed by atoms with Crippen LogP contribution in [0.2, 0.25) is 0 Å². The monoisotopic (exact) mass is 270 g/mol. The largest absolute Gasteiger partial charge is 0.391 e. The summed E-state index contributed by atoms with van der Waals surface area (Å²) in [6, 6.07) is 0. The van der Waals surface area contributed by atoms with Crippen LogP contribution in [-0.2, 0) is 4.79 Å². The molecule has 1 saturated carbocycles. The Kier molecular flexibility index (Phi) is 6.06. The Labute approximate surface area is 116 Å². The summed E-state index contributed by atoms with van der Waals surface area (Å²) in [5.41, 5.74) is 5.17. The zero-order valence-electron chi connectivity index (χ0n) is 11.6. The molecule has 0 aliphatic heterocycles. The van der Waals surface area contributed by atoms with E-state index in [0.29, 0.717) is 17.3 Å². The van der Waals surface area contributed by atoms with Crippen molar-refractivity contribution in [3.05, 3.63) is 0 Å².